The summed E-state index contributed by atoms with van der Waals surface area (Å²) in [6.07, 6.45) is 1.97. The van der Waals surface area contributed by atoms with Gasteiger partial charge in [-0.1, -0.05) is 12.1 Å². The van der Waals surface area contributed by atoms with Gasteiger partial charge in [-0.2, -0.15) is 0 Å². The van der Waals surface area contributed by atoms with E-state index in [-0.39, 0.29) is 41.2 Å². The van der Waals surface area contributed by atoms with Crippen LogP contribution in [0.3, 0.4) is 0 Å². The smallest absolute Gasteiger partial charge is 0.288 e. The maximum Gasteiger partial charge on any atom is 0.288 e. The molecule has 1 saturated carbocycles. The first-order valence-corrected chi connectivity index (χ1v) is 7.53. The largest absolute Gasteiger partial charge is 0.298 e. The van der Waals surface area contributed by atoms with Crippen LogP contribution in [0, 0.1) is 23.0 Å². The van der Waals surface area contributed by atoms with Crippen LogP contribution in [0.5, 0.6) is 0 Å². The third kappa shape index (κ3) is 2.58. The first-order chi connectivity index (χ1) is 11.4. The van der Waals surface area contributed by atoms with Crippen molar-refractivity contribution in [1.82, 2.24) is 4.98 Å². The predicted molar refractivity (Wildman–Crippen MR) is 84.8 cm³/mol. The van der Waals surface area contributed by atoms with E-state index in [9.17, 15) is 24.5 Å². The molecule has 0 unspecified atom stereocenters. The summed E-state index contributed by atoms with van der Waals surface area (Å²) >= 11 is 0. The highest BCUT2D eigenvalue weighted by Gasteiger charge is 2.37. The molecular formula is C17H14N2O5. The molecule has 0 bridgehead atoms. The number of hydrogen-bond donors (Lipinski definition) is 0. The van der Waals surface area contributed by atoms with Crippen LogP contribution in [0.15, 0.2) is 24.4 Å². The fraction of sp³-hybridized carbons (Fsp3) is 0.294. The minimum Gasteiger partial charge on any atom is -0.298 e. The van der Waals surface area contributed by atoms with Crippen molar-refractivity contribution in [2.75, 3.05) is 0 Å². The summed E-state index contributed by atoms with van der Waals surface area (Å²) < 4.78 is 0. The van der Waals surface area contributed by atoms with E-state index in [0.29, 0.717) is 17.4 Å². The first-order valence-electron chi connectivity index (χ1n) is 7.53. The molecular weight excluding hydrogens is 312 g/mol. The Kier molecular flexibility index (Phi) is 3.92. The number of Topliss-reactive ketones (excluding diaryl/α,β-unsaturated/α-hetero) is 3. The molecule has 1 aromatic carbocycles. The monoisotopic (exact) mass is 326 g/mol. The SMILES string of the molecule is Cc1ccc2cc([N+](=O)[O-])cnc2c1C(=O)C1C(=O)CCCC1=O. The van der Waals surface area contributed by atoms with Crippen molar-refractivity contribution in [2.45, 2.75) is 26.2 Å². The van der Waals surface area contributed by atoms with Crippen LogP contribution in [-0.2, 0) is 9.59 Å². The molecule has 7 heteroatoms. The maximum atomic E-state index is 12.9. The number of hydrogen-bond acceptors (Lipinski definition) is 6. The number of rotatable bonds is 3. The molecule has 7 nitrogen and oxygen atoms in total. The number of carbonyl (C=O) groups excluding carboxylic acids is 3. The number of benzene rings is 1. The molecule has 1 aromatic heterocycles. The normalized spacial score (nSPS) is 15.7. The predicted octanol–water partition coefficient (Wildman–Crippen LogP) is 2.57. The van der Waals surface area contributed by atoms with Gasteiger partial charge in [-0.25, -0.2) is 4.98 Å². The number of nitro groups is 1. The van der Waals surface area contributed by atoms with E-state index in [1.807, 2.05) is 0 Å². The highest BCUT2D eigenvalue weighted by atomic mass is 16.6. The summed E-state index contributed by atoms with van der Waals surface area (Å²) in [6, 6.07) is 4.59. The Bertz CT molecular complexity index is 887. The van der Waals surface area contributed by atoms with Gasteiger partial charge in [-0.15, -0.1) is 0 Å². The van der Waals surface area contributed by atoms with Crippen molar-refractivity contribution in [2.24, 2.45) is 5.92 Å². The summed E-state index contributed by atoms with van der Waals surface area (Å²) in [5.74, 6) is -2.57. The second-order valence-electron chi connectivity index (χ2n) is 5.86. The molecule has 1 aliphatic rings. The van der Waals surface area contributed by atoms with Gasteiger partial charge in [-0.05, 0) is 18.9 Å². The minimum atomic E-state index is -1.28. The number of nitrogens with zero attached hydrogens (tertiary/aromatic N) is 2. The lowest BCUT2D eigenvalue weighted by Crippen LogP contribution is -2.35. The van der Waals surface area contributed by atoms with Crippen LogP contribution >= 0.6 is 0 Å². The van der Waals surface area contributed by atoms with Gasteiger partial charge >= 0.3 is 0 Å². The molecule has 1 aliphatic carbocycles. The average Bonchev–Trinajstić information content (AvgIpc) is 2.53. The summed E-state index contributed by atoms with van der Waals surface area (Å²) in [7, 11) is 0. The van der Waals surface area contributed by atoms with Crippen molar-refractivity contribution in [1.29, 1.82) is 0 Å². The number of pyridine rings is 1. The van der Waals surface area contributed by atoms with Crippen molar-refractivity contribution in [3.05, 3.63) is 45.6 Å². The Labute approximate surface area is 136 Å². The van der Waals surface area contributed by atoms with E-state index in [1.54, 1.807) is 19.1 Å². The van der Waals surface area contributed by atoms with E-state index in [0.717, 1.165) is 6.20 Å². The van der Waals surface area contributed by atoms with Crippen LogP contribution in [-0.4, -0.2) is 27.3 Å². The van der Waals surface area contributed by atoms with Gasteiger partial charge in [0.1, 0.15) is 12.1 Å². The van der Waals surface area contributed by atoms with Crippen LogP contribution in [0.1, 0.15) is 35.2 Å². The molecule has 3 rings (SSSR count). The zero-order valence-corrected chi connectivity index (χ0v) is 12.9. The van der Waals surface area contributed by atoms with Gasteiger partial charge in [0.15, 0.2) is 17.3 Å². The van der Waals surface area contributed by atoms with Crippen LogP contribution < -0.4 is 0 Å². The van der Waals surface area contributed by atoms with Crippen LogP contribution in [0.4, 0.5) is 5.69 Å². The standard InChI is InChI=1S/C17H14N2O5/c1-9-5-6-10-7-11(19(23)24)8-18-16(10)14(9)17(22)15-12(20)3-2-4-13(15)21/h5-8,15H,2-4H2,1H3. The van der Waals surface area contributed by atoms with E-state index in [2.05, 4.69) is 4.98 Å². The minimum absolute atomic E-state index is 0.186. The molecule has 0 saturated heterocycles. The molecule has 0 N–H and O–H groups in total. The average molecular weight is 326 g/mol. The highest BCUT2D eigenvalue weighted by molar-refractivity contribution is 6.27. The van der Waals surface area contributed by atoms with Crippen LogP contribution in [0.25, 0.3) is 10.9 Å². The highest BCUT2D eigenvalue weighted by Crippen LogP contribution is 2.29. The molecule has 0 amide bonds. The Morgan fingerprint density at radius 1 is 1.25 bits per heavy atom. The summed E-state index contributed by atoms with van der Waals surface area (Å²) in [5, 5.41) is 11.3. The lowest BCUT2D eigenvalue weighted by molar-refractivity contribution is -0.385. The van der Waals surface area contributed by atoms with Crippen molar-refractivity contribution < 1.29 is 19.3 Å². The van der Waals surface area contributed by atoms with Gasteiger partial charge in [0, 0.05) is 29.9 Å². The topological polar surface area (TPSA) is 107 Å². The second kappa shape index (κ2) is 5.92. The Balaban J connectivity index is 2.16. The quantitative estimate of drug-likeness (QED) is 0.371. The molecule has 122 valence electrons. The molecule has 2 aromatic rings. The van der Waals surface area contributed by atoms with Gasteiger partial charge in [-0.3, -0.25) is 24.5 Å². The number of aryl methyl sites for hydroxylation is 1. The van der Waals surface area contributed by atoms with Gasteiger partial charge < -0.3 is 0 Å². The van der Waals surface area contributed by atoms with E-state index < -0.39 is 16.6 Å². The third-order valence-corrected chi connectivity index (χ3v) is 4.26. The van der Waals surface area contributed by atoms with Gasteiger partial charge in [0.25, 0.3) is 5.69 Å². The molecule has 24 heavy (non-hydrogen) atoms. The van der Waals surface area contributed by atoms with Crippen molar-refractivity contribution >= 4 is 33.9 Å². The van der Waals surface area contributed by atoms with E-state index in [1.165, 1.54) is 6.07 Å². The molecule has 0 aliphatic heterocycles. The number of ketones is 3. The zero-order chi connectivity index (χ0) is 17.4. The third-order valence-electron chi connectivity index (χ3n) is 4.26. The number of fused-ring (bicyclic) bond motifs is 1. The number of aromatic nitrogens is 1. The van der Waals surface area contributed by atoms with Crippen LogP contribution in [0.2, 0.25) is 0 Å². The summed E-state index contributed by atoms with van der Waals surface area (Å²) in [4.78, 5) is 51.3. The second-order valence-corrected chi connectivity index (χ2v) is 5.86. The fourth-order valence-corrected chi connectivity index (χ4v) is 3.04. The first kappa shape index (κ1) is 15.9. The Hall–Kier alpha value is -2.96. The zero-order valence-electron chi connectivity index (χ0n) is 12.9. The molecule has 1 heterocycles. The molecule has 1 fully saturated rings. The Morgan fingerprint density at radius 2 is 1.92 bits per heavy atom. The Morgan fingerprint density at radius 3 is 2.54 bits per heavy atom. The lowest BCUT2D eigenvalue weighted by Gasteiger charge is -2.19. The maximum absolute atomic E-state index is 12.9. The molecule has 0 atom stereocenters. The van der Waals surface area contributed by atoms with E-state index >= 15 is 0 Å². The lowest BCUT2D eigenvalue weighted by atomic mass is 9.80. The summed E-state index contributed by atoms with van der Waals surface area (Å²) in [6.45, 7) is 1.69. The molecule has 0 radical (unpaired) electrons. The summed E-state index contributed by atoms with van der Waals surface area (Å²) in [5.41, 5.74) is 0.863. The van der Waals surface area contributed by atoms with E-state index in [4.69, 9.17) is 0 Å². The number of carbonyl (C=O) groups is 3. The molecule has 0 spiro atoms. The van der Waals surface area contributed by atoms with Crippen molar-refractivity contribution in [3.8, 4) is 0 Å². The van der Waals surface area contributed by atoms with Gasteiger partial charge in [0.2, 0.25) is 0 Å². The van der Waals surface area contributed by atoms with Crippen molar-refractivity contribution in [3.63, 3.8) is 0 Å². The fourth-order valence-electron chi connectivity index (χ4n) is 3.04. The van der Waals surface area contributed by atoms with Gasteiger partial charge in [0.05, 0.1) is 10.4 Å².